The molecule has 0 bridgehead atoms. The van der Waals surface area contributed by atoms with Gasteiger partial charge >= 0.3 is 5.97 Å². The van der Waals surface area contributed by atoms with Gasteiger partial charge in [0.1, 0.15) is 5.82 Å². The Kier molecular flexibility index (Phi) is 4.16. The topological polar surface area (TPSA) is 92.7 Å². The predicted octanol–water partition coefficient (Wildman–Crippen LogP) is 0.429. The molecule has 0 unspecified atom stereocenters. The van der Waals surface area contributed by atoms with Crippen LogP contribution >= 0.6 is 0 Å². The molecule has 0 saturated heterocycles. The molecule has 2 N–H and O–H groups in total. The summed E-state index contributed by atoms with van der Waals surface area (Å²) in [7, 11) is -4.01. The van der Waals surface area contributed by atoms with Crippen molar-refractivity contribution in [2.45, 2.75) is 11.8 Å². The Morgan fingerprint density at radius 3 is 2.71 bits per heavy atom. The number of carboxylic acid groups (broad SMARTS) is 1. The van der Waals surface area contributed by atoms with Crippen molar-refractivity contribution in [2.75, 3.05) is 6.61 Å². The van der Waals surface area contributed by atoms with Crippen LogP contribution in [0, 0.1) is 12.7 Å². The Balaban J connectivity index is 2.86. The molecule has 1 aromatic rings. The second-order valence-electron chi connectivity index (χ2n) is 3.18. The summed E-state index contributed by atoms with van der Waals surface area (Å²) in [5.74, 6) is -1.88. The summed E-state index contributed by atoms with van der Waals surface area (Å²) in [6, 6.07) is 3.10. The van der Waals surface area contributed by atoms with Crippen LogP contribution in [0.3, 0.4) is 0 Å². The summed E-state index contributed by atoms with van der Waals surface area (Å²) in [5, 5.41) is 8.26. The van der Waals surface area contributed by atoms with Gasteiger partial charge in [-0.3, -0.25) is 4.84 Å². The zero-order chi connectivity index (χ0) is 13.1. The van der Waals surface area contributed by atoms with Crippen LogP contribution in [0.2, 0.25) is 0 Å². The number of carboxylic acids is 1. The maximum Gasteiger partial charge on any atom is 0.331 e. The van der Waals surface area contributed by atoms with Gasteiger partial charge in [-0.25, -0.2) is 17.6 Å². The number of halogens is 1. The predicted molar refractivity (Wildman–Crippen MR) is 55.0 cm³/mol. The summed E-state index contributed by atoms with van der Waals surface area (Å²) >= 11 is 0. The van der Waals surface area contributed by atoms with Gasteiger partial charge in [-0.05, 0) is 30.7 Å². The van der Waals surface area contributed by atoms with Gasteiger partial charge in [0.05, 0.1) is 4.90 Å². The number of sulfonamides is 1. The van der Waals surface area contributed by atoms with Crippen molar-refractivity contribution in [3.63, 3.8) is 0 Å². The standard InChI is InChI=1S/C9H10FNO5S/c1-6-4-7(10)2-3-8(6)17(14,15)11-16-5-9(12)13/h2-4,11H,5H2,1H3,(H,12,13). The molecule has 6 nitrogen and oxygen atoms in total. The van der Waals surface area contributed by atoms with E-state index in [1.54, 1.807) is 4.89 Å². The molecular formula is C9H10FNO5S. The molecule has 0 heterocycles. The highest BCUT2D eigenvalue weighted by Gasteiger charge is 2.17. The van der Waals surface area contributed by atoms with Gasteiger partial charge in [0.25, 0.3) is 10.0 Å². The van der Waals surface area contributed by atoms with Crippen LogP contribution in [0.1, 0.15) is 5.56 Å². The minimum atomic E-state index is -4.01. The third-order valence-electron chi connectivity index (χ3n) is 1.79. The molecular weight excluding hydrogens is 253 g/mol. The molecule has 0 aliphatic carbocycles. The fourth-order valence-corrected chi connectivity index (χ4v) is 2.16. The first kappa shape index (κ1) is 13.6. The van der Waals surface area contributed by atoms with Gasteiger partial charge in [0.2, 0.25) is 0 Å². The molecule has 0 aliphatic rings. The first-order valence-corrected chi connectivity index (χ1v) is 5.93. The number of aliphatic carboxylic acids is 1. The van der Waals surface area contributed by atoms with E-state index >= 15 is 0 Å². The van der Waals surface area contributed by atoms with E-state index < -0.39 is 28.4 Å². The van der Waals surface area contributed by atoms with Crippen LogP contribution in [0.25, 0.3) is 0 Å². The van der Waals surface area contributed by atoms with Crippen molar-refractivity contribution in [3.05, 3.63) is 29.6 Å². The SMILES string of the molecule is Cc1cc(F)ccc1S(=O)(=O)NOCC(=O)O. The molecule has 8 heteroatoms. The summed E-state index contributed by atoms with van der Waals surface area (Å²) in [4.78, 5) is 15.9. The lowest BCUT2D eigenvalue weighted by molar-refractivity contribution is -0.143. The van der Waals surface area contributed by atoms with E-state index in [1.807, 2.05) is 0 Å². The molecule has 1 rings (SSSR count). The zero-order valence-electron chi connectivity index (χ0n) is 8.81. The Labute approximate surface area is 97.0 Å². The number of benzene rings is 1. The van der Waals surface area contributed by atoms with Crippen molar-refractivity contribution in [2.24, 2.45) is 0 Å². The first-order chi connectivity index (χ1) is 7.83. The maximum atomic E-state index is 12.8. The lowest BCUT2D eigenvalue weighted by Gasteiger charge is -2.08. The molecule has 1 aromatic carbocycles. The fraction of sp³-hybridized carbons (Fsp3) is 0.222. The van der Waals surface area contributed by atoms with Crippen LogP contribution in [0.5, 0.6) is 0 Å². The van der Waals surface area contributed by atoms with E-state index in [0.717, 1.165) is 18.2 Å². The van der Waals surface area contributed by atoms with E-state index in [9.17, 15) is 17.6 Å². The van der Waals surface area contributed by atoms with Crippen molar-refractivity contribution < 1.29 is 27.5 Å². The average molecular weight is 263 g/mol. The number of hydrogen-bond acceptors (Lipinski definition) is 4. The molecule has 0 spiro atoms. The van der Waals surface area contributed by atoms with Crippen LogP contribution in [0.15, 0.2) is 23.1 Å². The number of nitrogens with one attached hydrogen (secondary N) is 1. The molecule has 0 aromatic heterocycles. The lowest BCUT2D eigenvalue weighted by atomic mass is 10.2. The monoisotopic (exact) mass is 263 g/mol. The van der Waals surface area contributed by atoms with Gasteiger partial charge in [-0.2, -0.15) is 0 Å². The highest BCUT2D eigenvalue weighted by Crippen LogP contribution is 2.15. The third kappa shape index (κ3) is 3.77. The highest BCUT2D eigenvalue weighted by atomic mass is 32.2. The minimum absolute atomic E-state index is 0.177. The molecule has 17 heavy (non-hydrogen) atoms. The van der Waals surface area contributed by atoms with E-state index in [0.29, 0.717) is 0 Å². The van der Waals surface area contributed by atoms with Gasteiger partial charge in [-0.15, -0.1) is 0 Å². The Morgan fingerprint density at radius 1 is 1.53 bits per heavy atom. The van der Waals surface area contributed by atoms with Gasteiger partial charge < -0.3 is 5.11 Å². The van der Waals surface area contributed by atoms with E-state index in [4.69, 9.17) is 5.11 Å². The second kappa shape index (κ2) is 5.21. The molecule has 0 fully saturated rings. The molecule has 0 saturated carbocycles. The average Bonchev–Trinajstić information content (AvgIpc) is 2.15. The Hall–Kier alpha value is -1.51. The van der Waals surface area contributed by atoms with Crippen LogP contribution in [0.4, 0.5) is 4.39 Å². The largest absolute Gasteiger partial charge is 0.479 e. The van der Waals surface area contributed by atoms with Crippen molar-refractivity contribution >= 4 is 16.0 Å². The van der Waals surface area contributed by atoms with E-state index in [1.165, 1.54) is 6.92 Å². The third-order valence-corrected chi connectivity index (χ3v) is 3.17. The molecule has 0 amide bonds. The molecule has 0 aliphatic heterocycles. The fourth-order valence-electron chi connectivity index (χ4n) is 1.13. The van der Waals surface area contributed by atoms with Crippen LogP contribution in [-0.4, -0.2) is 26.1 Å². The van der Waals surface area contributed by atoms with E-state index in [-0.39, 0.29) is 10.5 Å². The van der Waals surface area contributed by atoms with Crippen molar-refractivity contribution in [1.29, 1.82) is 0 Å². The Morgan fingerprint density at radius 2 is 2.18 bits per heavy atom. The molecule has 0 atom stereocenters. The zero-order valence-corrected chi connectivity index (χ0v) is 9.62. The Bertz CT molecular complexity index is 528. The minimum Gasteiger partial charge on any atom is -0.479 e. The summed E-state index contributed by atoms with van der Waals surface area (Å²) < 4.78 is 36.0. The number of rotatable bonds is 5. The van der Waals surface area contributed by atoms with Crippen LogP contribution in [-0.2, 0) is 19.7 Å². The van der Waals surface area contributed by atoms with Gasteiger partial charge in [-0.1, -0.05) is 4.89 Å². The van der Waals surface area contributed by atoms with E-state index in [2.05, 4.69) is 4.84 Å². The quantitative estimate of drug-likeness (QED) is 0.751. The second-order valence-corrected chi connectivity index (χ2v) is 4.79. The van der Waals surface area contributed by atoms with Crippen molar-refractivity contribution in [1.82, 2.24) is 4.89 Å². The molecule has 0 radical (unpaired) electrons. The normalized spacial score (nSPS) is 11.4. The first-order valence-electron chi connectivity index (χ1n) is 4.44. The summed E-state index contributed by atoms with van der Waals surface area (Å²) in [5.41, 5.74) is 0.191. The maximum absolute atomic E-state index is 12.8. The summed E-state index contributed by atoms with van der Waals surface area (Å²) in [6.45, 7) is 0.605. The summed E-state index contributed by atoms with van der Waals surface area (Å²) in [6.07, 6.45) is 0. The van der Waals surface area contributed by atoms with Crippen LogP contribution < -0.4 is 4.89 Å². The number of carbonyl (C=O) groups is 1. The molecule has 94 valence electrons. The van der Waals surface area contributed by atoms with Gasteiger partial charge in [0.15, 0.2) is 6.61 Å². The number of aryl methyl sites for hydroxylation is 1. The highest BCUT2D eigenvalue weighted by molar-refractivity contribution is 7.89. The lowest BCUT2D eigenvalue weighted by Crippen LogP contribution is -2.27. The van der Waals surface area contributed by atoms with Gasteiger partial charge in [0, 0.05) is 0 Å². The smallest absolute Gasteiger partial charge is 0.331 e. The van der Waals surface area contributed by atoms with Crippen molar-refractivity contribution in [3.8, 4) is 0 Å². The number of hydrogen-bond donors (Lipinski definition) is 2.